The molecule has 33 heavy (non-hydrogen) atoms. The third kappa shape index (κ3) is 3.94. The predicted molar refractivity (Wildman–Crippen MR) is 130 cm³/mol. The van der Waals surface area contributed by atoms with E-state index in [-0.39, 0.29) is 12.1 Å². The average molecular weight is 434 g/mol. The summed E-state index contributed by atoms with van der Waals surface area (Å²) in [6.07, 6.45) is 3.74. The van der Waals surface area contributed by atoms with Gasteiger partial charge in [0, 0.05) is 22.9 Å². The highest BCUT2D eigenvalue weighted by atomic mass is 16.5. The molecule has 0 radical (unpaired) electrons. The van der Waals surface area contributed by atoms with E-state index >= 15 is 0 Å². The van der Waals surface area contributed by atoms with Gasteiger partial charge in [0.15, 0.2) is 0 Å². The maximum atomic E-state index is 6.24. The van der Waals surface area contributed by atoms with Crippen molar-refractivity contribution in [3.63, 3.8) is 0 Å². The van der Waals surface area contributed by atoms with Gasteiger partial charge in [0.25, 0.3) is 0 Å². The molecule has 0 aliphatic carbocycles. The summed E-state index contributed by atoms with van der Waals surface area (Å²) in [5.74, 6) is 1.15. The third-order valence-corrected chi connectivity index (χ3v) is 5.90. The van der Waals surface area contributed by atoms with Crippen molar-refractivity contribution >= 4 is 34.7 Å². The molecule has 6 rings (SSSR count). The van der Waals surface area contributed by atoms with E-state index in [0.717, 1.165) is 21.9 Å². The third-order valence-electron chi connectivity index (χ3n) is 5.90. The molecule has 0 saturated carbocycles. The highest BCUT2D eigenvalue weighted by Crippen LogP contribution is 2.24. The molecule has 3 heterocycles. The van der Waals surface area contributed by atoms with E-state index < -0.39 is 0 Å². The average Bonchev–Trinajstić information content (AvgIpc) is 3.61. The number of furan rings is 1. The van der Waals surface area contributed by atoms with E-state index in [2.05, 4.69) is 24.3 Å². The molecule has 3 aromatic carbocycles. The van der Waals surface area contributed by atoms with Crippen LogP contribution in [0.4, 0.5) is 0 Å². The van der Waals surface area contributed by atoms with E-state index in [0.29, 0.717) is 35.8 Å². The number of benzene rings is 3. The lowest BCUT2D eigenvalue weighted by molar-refractivity contribution is 0.322. The van der Waals surface area contributed by atoms with Crippen molar-refractivity contribution in [2.45, 2.75) is 12.1 Å². The summed E-state index contributed by atoms with van der Waals surface area (Å²) in [6.45, 7) is 1.05. The quantitative estimate of drug-likeness (QED) is 0.480. The first-order chi connectivity index (χ1) is 16.3. The molecule has 162 valence electrons. The van der Waals surface area contributed by atoms with Crippen LogP contribution in [0.2, 0.25) is 0 Å². The standard InChI is InChI=1S/C28H22N2O3/c1-3-9-19(10-4-1)23-17-31-27(29-23)15-25-21-13-7-8-14-22(21)26(33-25)16-28-30-24(18-32-28)20-11-5-2-6-12-20/h1-16,23-24H,17-18H2/b25-15-,26-16-/t23-,24?/m1/s1. The van der Waals surface area contributed by atoms with Gasteiger partial charge >= 0.3 is 0 Å². The molecule has 2 atom stereocenters. The van der Waals surface area contributed by atoms with Crippen LogP contribution in [0.1, 0.15) is 23.2 Å². The number of fused-ring (bicyclic) bond motifs is 1. The Balaban J connectivity index is 1.37. The van der Waals surface area contributed by atoms with Gasteiger partial charge in [-0.15, -0.1) is 0 Å². The summed E-state index contributed by atoms with van der Waals surface area (Å²) < 4.78 is 17.9. The maximum absolute atomic E-state index is 6.24. The van der Waals surface area contributed by atoms with Crippen molar-refractivity contribution in [1.82, 2.24) is 0 Å². The molecule has 0 amide bonds. The number of hydrogen-bond donors (Lipinski definition) is 0. The molecule has 2 aliphatic rings. The van der Waals surface area contributed by atoms with E-state index in [1.54, 1.807) is 0 Å². The molecular weight excluding hydrogens is 412 g/mol. The van der Waals surface area contributed by atoms with Gasteiger partial charge < -0.3 is 13.9 Å². The van der Waals surface area contributed by atoms with E-state index in [9.17, 15) is 0 Å². The van der Waals surface area contributed by atoms with Crippen LogP contribution in [0.3, 0.4) is 0 Å². The number of nitrogens with zero attached hydrogens (tertiary/aromatic N) is 2. The lowest BCUT2D eigenvalue weighted by Gasteiger charge is -2.03. The highest BCUT2D eigenvalue weighted by Gasteiger charge is 2.21. The first kappa shape index (κ1) is 19.6. The summed E-state index contributed by atoms with van der Waals surface area (Å²) in [4.78, 5) is 9.47. The second-order valence-corrected chi connectivity index (χ2v) is 8.07. The second-order valence-electron chi connectivity index (χ2n) is 8.07. The number of ether oxygens (including phenoxy) is 2. The zero-order valence-corrected chi connectivity index (χ0v) is 17.9. The van der Waals surface area contributed by atoms with Crippen LogP contribution >= 0.6 is 0 Å². The Morgan fingerprint density at radius 3 is 1.45 bits per heavy atom. The first-order valence-corrected chi connectivity index (χ1v) is 11.1. The Morgan fingerprint density at radius 1 is 0.576 bits per heavy atom. The van der Waals surface area contributed by atoms with Crippen molar-refractivity contribution in [2.75, 3.05) is 13.2 Å². The topological polar surface area (TPSA) is 56.3 Å². The number of aliphatic imine (C=N–C) groups is 2. The van der Waals surface area contributed by atoms with E-state index in [1.807, 2.05) is 72.8 Å². The van der Waals surface area contributed by atoms with Gasteiger partial charge in [-0.05, 0) is 11.1 Å². The fourth-order valence-corrected chi connectivity index (χ4v) is 4.21. The van der Waals surface area contributed by atoms with Crippen molar-refractivity contribution in [1.29, 1.82) is 0 Å². The minimum Gasteiger partial charge on any atom is -0.475 e. The monoisotopic (exact) mass is 434 g/mol. The Morgan fingerprint density at radius 2 is 1.00 bits per heavy atom. The molecule has 5 nitrogen and oxygen atoms in total. The fraction of sp³-hybridized carbons (Fsp3) is 0.143. The predicted octanol–water partition coefficient (Wildman–Crippen LogP) is 4.33. The Bertz CT molecular complexity index is 1360. The molecule has 0 N–H and O–H groups in total. The zero-order chi connectivity index (χ0) is 22.0. The smallest absolute Gasteiger partial charge is 0.213 e. The van der Waals surface area contributed by atoms with Crippen molar-refractivity contribution in [3.8, 4) is 0 Å². The van der Waals surface area contributed by atoms with E-state index in [1.165, 1.54) is 0 Å². The first-order valence-electron chi connectivity index (χ1n) is 11.1. The Kier molecular flexibility index (Phi) is 5.00. The van der Waals surface area contributed by atoms with Crippen LogP contribution in [0.15, 0.2) is 99.3 Å². The molecule has 0 fully saturated rings. The summed E-state index contributed by atoms with van der Waals surface area (Å²) in [5.41, 5.74) is 3.71. The SMILES string of the molecule is C(/C1=NC(c2ccccc2)CO1)=c1/o/c(=C\C2=N[C@@H](c3ccccc3)CO2)c2ccccc12. The van der Waals surface area contributed by atoms with Crippen LogP contribution in [0, 0.1) is 0 Å². The van der Waals surface area contributed by atoms with Gasteiger partial charge in [-0.2, -0.15) is 0 Å². The van der Waals surface area contributed by atoms with Gasteiger partial charge in [0.05, 0.1) is 0 Å². The fourth-order valence-electron chi connectivity index (χ4n) is 4.21. The molecule has 2 aliphatic heterocycles. The van der Waals surface area contributed by atoms with Gasteiger partial charge in [-0.3, -0.25) is 0 Å². The lowest BCUT2D eigenvalue weighted by Crippen LogP contribution is -2.07. The Hall–Kier alpha value is -4.12. The molecule has 5 heteroatoms. The second kappa shape index (κ2) is 8.43. The van der Waals surface area contributed by atoms with Gasteiger partial charge in [-0.1, -0.05) is 84.9 Å². The molecule has 0 bridgehead atoms. The summed E-state index contributed by atoms with van der Waals surface area (Å²) >= 11 is 0. The molecule has 1 aromatic heterocycles. The van der Waals surface area contributed by atoms with Crippen LogP contribution in [0.25, 0.3) is 22.9 Å². The molecule has 0 saturated heterocycles. The summed E-state index contributed by atoms with van der Waals surface area (Å²) in [6, 6.07) is 28.4. The van der Waals surface area contributed by atoms with Crippen LogP contribution in [-0.2, 0) is 9.47 Å². The molecular formula is C28H22N2O3. The summed E-state index contributed by atoms with van der Waals surface area (Å²) in [5, 5.41) is 1.99. The molecule has 1 unspecified atom stereocenters. The largest absolute Gasteiger partial charge is 0.475 e. The van der Waals surface area contributed by atoms with Crippen molar-refractivity contribution in [2.24, 2.45) is 9.98 Å². The van der Waals surface area contributed by atoms with Gasteiger partial charge in [-0.25, -0.2) is 9.98 Å². The Labute approximate surface area is 191 Å². The minimum absolute atomic E-state index is 0.000809. The normalized spacial score (nSPS) is 21.1. The minimum atomic E-state index is 0.000809. The van der Waals surface area contributed by atoms with Gasteiger partial charge in [0.2, 0.25) is 11.8 Å². The van der Waals surface area contributed by atoms with Crippen molar-refractivity contribution in [3.05, 3.63) is 107 Å². The van der Waals surface area contributed by atoms with E-state index in [4.69, 9.17) is 23.9 Å². The number of rotatable bonds is 4. The van der Waals surface area contributed by atoms with Crippen LogP contribution < -0.4 is 10.8 Å². The maximum Gasteiger partial charge on any atom is 0.213 e. The van der Waals surface area contributed by atoms with Gasteiger partial charge in [0.1, 0.15) is 36.1 Å². The summed E-state index contributed by atoms with van der Waals surface area (Å²) in [7, 11) is 0. The zero-order valence-electron chi connectivity index (χ0n) is 17.9. The van der Waals surface area contributed by atoms with Crippen molar-refractivity contribution < 1.29 is 13.9 Å². The van der Waals surface area contributed by atoms with Crippen LogP contribution in [0.5, 0.6) is 0 Å². The highest BCUT2D eigenvalue weighted by molar-refractivity contribution is 6.08. The number of hydrogen-bond acceptors (Lipinski definition) is 5. The molecule has 4 aromatic rings. The lowest BCUT2D eigenvalue weighted by atomic mass is 10.1. The molecule has 0 spiro atoms. The van der Waals surface area contributed by atoms with Crippen LogP contribution in [-0.4, -0.2) is 25.0 Å².